The summed E-state index contributed by atoms with van der Waals surface area (Å²) in [4.78, 5) is 52.4. The number of aromatic nitrogens is 3. The third kappa shape index (κ3) is 16.2. The van der Waals surface area contributed by atoms with E-state index in [0.29, 0.717) is 35.3 Å². The van der Waals surface area contributed by atoms with Crippen molar-refractivity contribution in [2.24, 2.45) is 0 Å². The molecule has 46 heavy (non-hydrogen) atoms. The second-order valence-corrected chi connectivity index (χ2v) is 9.59. The van der Waals surface area contributed by atoms with E-state index in [1.54, 1.807) is 27.7 Å². The molecule has 18 heteroatoms. The standard InChI is InChI=1S/C10H15N3O3.C9H11N3O4.C6H5ClN2O2.3CH4/c1-7-8(13(15)16)4-5-9(12-7)11-6-10(2,3)14;1-6-7(12(14)15)3-4-8(11-6)10-5-9(13)16-2;1-4-5(9(10)11)2-3-6(7)8-4;;;/h4-5,14H,6H2,1-3H3,(H,11,12);3-4H,5H2,1-2H3,(H,10,11);2-3H,1H3;3*1H4. The summed E-state index contributed by atoms with van der Waals surface area (Å²) in [5.41, 5.74) is 0.0668. The average Bonchev–Trinajstić information content (AvgIpc) is 2.90. The van der Waals surface area contributed by atoms with E-state index in [0.717, 1.165) is 0 Å². The highest BCUT2D eigenvalue weighted by molar-refractivity contribution is 6.29. The molecular weight excluding hydrogens is 628 g/mol. The summed E-state index contributed by atoms with van der Waals surface area (Å²) in [6.07, 6.45) is 0. The van der Waals surface area contributed by atoms with E-state index in [2.05, 4.69) is 30.3 Å². The van der Waals surface area contributed by atoms with Crippen LogP contribution in [0.5, 0.6) is 0 Å². The van der Waals surface area contributed by atoms with Gasteiger partial charge in [0, 0.05) is 24.7 Å². The average molecular weight is 671 g/mol. The topological polar surface area (TPSA) is 239 Å². The number of methoxy groups -OCH3 is 1. The third-order valence-corrected chi connectivity index (χ3v) is 5.28. The highest BCUT2D eigenvalue weighted by atomic mass is 35.5. The number of nitrogens with one attached hydrogen (secondary N) is 2. The predicted octanol–water partition coefficient (Wildman–Crippen LogP) is 6.22. The van der Waals surface area contributed by atoms with Crippen LogP contribution >= 0.6 is 11.6 Å². The summed E-state index contributed by atoms with van der Waals surface area (Å²) in [5, 5.41) is 46.7. The van der Waals surface area contributed by atoms with Gasteiger partial charge in [-0.2, -0.15) is 0 Å². The maximum Gasteiger partial charge on any atom is 0.325 e. The molecular formula is C28H43ClN8O9. The van der Waals surface area contributed by atoms with Gasteiger partial charge in [0.15, 0.2) is 0 Å². The van der Waals surface area contributed by atoms with Gasteiger partial charge in [0.2, 0.25) is 0 Å². The number of nitro groups is 3. The number of halogens is 1. The third-order valence-electron chi connectivity index (χ3n) is 5.07. The number of rotatable bonds is 9. The van der Waals surface area contributed by atoms with Gasteiger partial charge in [-0.15, -0.1) is 0 Å². The Labute approximate surface area is 272 Å². The van der Waals surface area contributed by atoms with E-state index in [1.165, 1.54) is 50.4 Å². The number of hydrogen-bond acceptors (Lipinski definition) is 14. The molecule has 256 valence electrons. The fraction of sp³-hybridized carbons (Fsp3) is 0.429. The number of carbonyl (C=O) groups excluding carboxylic acids is 1. The quantitative estimate of drug-likeness (QED) is 0.0990. The Morgan fingerprint density at radius 3 is 1.48 bits per heavy atom. The van der Waals surface area contributed by atoms with Crippen molar-refractivity contribution >= 4 is 46.3 Å². The first-order valence-electron chi connectivity index (χ1n) is 12.2. The van der Waals surface area contributed by atoms with Gasteiger partial charge in [-0.3, -0.25) is 35.1 Å². The lowest BCUT2D eigenvalue weighted by Gasteiger charge is -2.18. The van der Waals surface area contributed by atoms with E-state index in [4.69, 9.17) is 11.6 Å². The fourth-order valence-corrected chi connectivity index (χ4v) is 3.14. The van der Waals surface area contributed by atoms with Crippen molar-refractivity contribution < 1.29 is 29.4 Å². The minimum atomic E-state index is -0.850. The summed E-state index contributed by atoms with van der Waals surface area (Å²) in [5.74, 6) is 0.483. The summed E-state index contributed by atoms with van der Waals surface area (Å²) >= 11 is 5.49. The normalized spacial score (nSPS) is 9.57. The largest absolute Gasteiger partial charge is 0.468 e. The van der Waals surface area contributed by atoms with E-state index in [1.807, 2.05) is 0 Å². The van der Waals surface area contributed by atoms with Crippen molar-refractivity contribution in [3.63, 3.8) is 0 Å². The summed E-state index contributed by atoms with van der Waals surface area (Å²) < 4.78 is 4.43. The van der Waals surface area contributed by atoms with Crippen molar-refractivity contribution in [1.82, 2.24) is 15.0 Å². The number of hydrogen-bond donors (Lipinski definition) is 3. The molecule has 0 bridgehead atoms. The van der Waals surface area contributed by atoms with Crippen molar-refractivity contribution in [3.8, 4) is 0 Å². The van der Waals surface area contributed by atoms with Crippen molar-refractivity contribution in [1.29, 1.82) is 0 Å². The molecule has 3 rings (SSSR count). The first-order valence-corrected chi connectivity index (χ1v) is 12.6. The zero-order valence-corrected chi connectivity index (χ0v) is 24.9. The molecule has 3 heterocycles. The number of esters is 1. The molecule has 0 spiro atoms. The maximum atomic E-state index is 10.8. The number of nitrogens with zero attached hydrogens (tertiary/aromatic N) is 6. The molecule has 0 aliphatic carbocycles. The minimum Gasteiger partial charge on any atom is -0.468 e. The van der Waals surface area contributed by atoms with Crippen LogP contribution in [-0.4, -0.2) is 66.6 Å². The molecule has 0 saturated carbocycles. The van der Waals surface area contributed by atoms with Gasteiger partial charge in [0.25, 0.3) is 17.1 Å². The second-order valence-electron chi connectivity index (χ2n) is 9.21. The van der Waals surface area contributed by atoms with Crippen LogP contribution in [0.25, 0.3) is 0 Å². The van der Waals surface area contributed by atoms with Crippen LogP contribution in [-0.2, 0) is 9.53 Å². The molecule has 17 nitrogen and oxygen atoms in total. The van der Waals surface area contributed by atoms with Crippen LogP contribution in [0.2, 0.25) is 5.15 Å². The van der Waals surface area contributed by atoms with Crippen LogP contribution < -0.4 is 10.6 Å². The Bertz CT molecular complexity index is 1470. The lowest BCUT2D eigenvalue weighted by atomic mass is 10.1. The smallest absolute Gasteiger partial charge is 0.325 e. The lowest BCUT2D eigenvalue weighted by molar-refractivity contribution is -0.385. The molecule has 0 aliphatic heterocycles. The van der Waals surface area contributed by atoms with Gasteiger partial charge in [0.05, 0.1) is 27.5 Å². The Morgan fingerprint density at radius 1 is 0.783 bits per heavy atom. The Hall–Kier alpha value is -5.03. The van der Waals surface area contributed by atoms with E-state index in [9.17, 15) is 40.2 Å². The van der Waals surface area contributed by atoms with E-state index < -0.39 is 26.3 Å². The Morgan fingerprint density at radius 2 is 1.15 bits per heavy atom. The van der Waals surface area contributed by atoms with Crippen LogP contribution in [0.15, 0.2) is 36.4 Å². The predicted molar refractivity (Wildman–Crippen MR) is 177 cm³/mol. The Kier molecular flexibility index (Phi) is 20.6. The second kappa shape index (κ2) is 20.8. The van der Waals surface area contributed by atoms with Crippen LogP contribution in [0.3, 0.4) is 0 Å². The number of pyridine rings is 3. The highest BCUT2D eigenvalue weighted by Crippen LogP contribution is 2.19. The minimum absolute atomic E-state index is 0. The molecule has 0 aliphatic rings. The summed E-state index contributed by atoms with van der Waals surface area (Å²) in [6, 6.07) is 8.43. The first-order chi connectivity index (χ1) is 19.9. The monoisotopic (exact) mass is 670 g/mol. The van der Waals surface area contributed by atoms with Gasteiger partial charge in [-0.1, -0.05) is 33.9 Å². The first kappa shape index (κ1) is 45.4. The summed E-state index contributed by atoms with van der Waals surface area (Å²) in [6.45, 7) is 8.29. The summed E-state index contributed by atoms with van der Waals surface area (Å²) in [7, 11) is 1.28. The number of carbonyl (C=O) groups is 1. The van der Waals surface area contributed by atoms with Crippen molar-refractivity contribution in [2.45, 2.75) is 62.5 Å². The SMILES string of the molecule is C.C.C.COC(=O)CNc1ccc([N+](=O)[O-])c(C)n1.Cc1nc(Cl)ccc1[N+](=O)[O-].Cc1nc(NCC(C)(C)O)ccc1[N+](=O)[O-]. The van der Waals surface area contributed by atoms with Gasteiger partial charge >= 0.3 is 5.97 Å². The number of anilines is 2. The van der Waals surface area contributed by atoms with E-state index >= 15 is 0 Å². The molecule has 0 unspecified atom stereocenters. The number of aryl methyl sites for hydroxylation is 3. The zero-order valence-electron chi connectivity index (χ0n) is 24.2. The molecule has 3 N–H and O–H groups in total. The van der Waals surface area contributed by atoms with Gasteiger partial charge in [0.1, 0.15) is 40.4 Å². The molecule has 3 aromatic heterocycles. The van der Waals surface area contributed by atoms with Gasteiger partial charge < -0.3 is 20.5 Å². The molecule has 0 saturated heterocycles. The van der Waals surface area contributed by atoms with Crippen LogP contribution in [0.1, 0.15) is 53.2 Å². The number of aliphatic hydroxyl groups is 1. The molecule has 0 amide bonds. The Balaban J connectivity index is -0.000000594. The molecule has 3 aromatic rings. The maximum absolute atomic E-state index is 10.8. The highest BCUT2D eigenvalue weighted by Gasteiger charge is 2.15. The zero-order chi connectivity index (χ0) is 32.9. The van der Waals surface area contributed by atoms with Crippen LogP contribution in [0.4, 0.5) is 28.7 Å². The molecule has 0 aromatic carbocycles. The lowest BCUT2D eigenvalue weighted by Crippen LogP contribution is -2.29. The van der Waals surface area contributed by atoms with E-state index in [-0.39, 0.29) is 51.0 Å². The van der Waals surface area contributed by atoms with Gasteiger partial charge in [-0.25, -0.2) is 15.0 Å². The van der Waals surface area contributed by atoms with Gasteiger partial charge in [-0.05, 0) is 52.8 Å². The van der Waals surface area contributed by atoms with Crippen molar-refractivity contribution in [3.05, 3.63) is 89.0 Å². The van der Waals surface area contributed by atoms with Crippen LogP contribution in [0, 0.1) is 51.1 Å². The fourth-order valence-electron chi connectivity index (χ4n) is 2.95. The molecule has 0 atom stereocenters. The number of ether oxygens (including phenoxy) is 1. The van der Waals surface area contributed by atoms with Crippen molar-refractivity contribution in [2.75, 3.05) is 30.8 Å². The molecule has 0 radical (unpaired) electrons. The molecule has 0 fully saturated rings.